The fourth-order valence-electron chi connectivity index (χ4n) is 2.59. The largest absolute Gasteiger partial charge is 0.456 e. The summed E-state index contributed by atoms with van der Waals surface area (Å²) in [7, 11) is 3.88. The van der Waals surface area contributed by atoms with Crippen LogP contribution in [0.3, 0.4) is 0 Å². The Hall–Kier alpha value is -1.39. The van der Waals surface area contributed by atoms with Crippen molar-refractivity contribution in [2.24, 2.45) is 0 Å². The van der Waals surface area contributed by atoms with Crippen molar-refractivity contribution in [1.29, 1.82) is 0 Å². The van der Waals surface area contributed by atoms with Gasteiger partial charge < -0.3 is 14.7 Å². The van der Waals surface area contributed by atoms with Gasteiger partial charge in [-0.1, -0.05) is 18.2 Å². The standard InChI is InChI=1S/C15H21NO3/c1-16(2)12-9-6-10-13(14(12)17)19-15(18)11-7-4-3-5-8-11/h3-5,7-8,12-14,17H,6,9-10H2,1-2H3. The van der Waals surface area contributed by atoms with Crippen LogP contribution in [0.5, 0.6) is 0 Å². The molecule has 0 spiro atoms. The van der Waals surface area contributed by atoms with Gasteiger partial charge in [0.05, 0.1) is 5.56 Å². The number of carbonyl (C=O) groups is 1. The van der Waals surface area contributed by atoms with Crippen LogP contribution in [-0.4, -0.2) is 48.3 Å². The lowest BCUT2D eigenvalue weighted by Crippen LogP contribution is -2.50. The summed E-state index contributed by atoms with van der Waals surface area (Å²) in [6.45, 7) is 0. The molecule has 4 heteroatoms. The number of benzene rings is 1. The Morgan fingerprint density at radius 2 is 1.95 bits per heavy atom. The van der Waals surface area contributed by atoms with Crippen molar-refractivity contribution < 1.29 is 14.6 Å². The highest BCUT2D eigenvalue weighted by atomic mass is 16.6. The number of esters is 1. The molecular formula is C15H21NO3. The van der Waals surface area contributed by atoms with Crippen molar-refractivity contribution in [3.8, 4) is 0 Å². The second-order valence-electron chi connectivity index (χ2n) is 5.26. The van der Waals surface area contributed by atoms with Crippen LogP contribution >= 0.6 is 0 Å². The first-order valence-electron chi connectivity index (χ1n) is 6.70. The summed E-state index contributed by atoms with van der Waals surface area (Å²) in [5, 5.41) is 10.3. The molecule has 0 bridgehead atoms. The minimum atomic E-state index is -0.614. The van der Waals surface area contributed by atoms with E-state index in [4.69, 9.17) is 4.74 Å². The van der Waals surface area contributed by atoms with E-state index in [9.17, 15) is 9.90 Å². The van der Waals surface area contributed by atoms with Crippen molar-refractivity contribution in [2.45, 2.75) is 37.5 Å². The Morgan fingerprint density at radius 1 is 1.26 bits per heavy atom. The van der Waals surface area contributed by atoms with E-state index in [1.54, 1.807) is 24.3 Å². The second kappa shape index (κ2) is 6.17. The average Bonchev–Trinajstić information content (AvgIpc) is 2.41. The van der Waals surface area contributed by atoms with Crippen LogP contribution in [0.15, 0.2) is 30.3 Å². The van der Waals surface area contributed by atoms with Gasteiger partial charge in [0.15, 0.2) is 0 Å². The van der Waals surface area contributed by atoms with Gasteiger partial charge in [-0.15, -0.1) is 0 Å². The molecule has 1 aliphatic rings. The molecule has 19 heavy (non-hydrogen) atoms. The highest BCUT2D eigenvalue weighted by Gasteiger charge is 2.35. The predicted octanol–water partition coefficient (Wildman–Crippen LogP) is 1.69. The number of ether oxygens (including phenoxy) is 1. The third-order valence-corrected chi connectivity index (χ3v) is 3.69. The van der Waals surface area contributed by atoms with E-state index in [1.165, 1.54) is 0 Å². The van der Waals surface area contributed by atoms with Crippen LogP contribution < -0.4 is 0 Å². The molecule has 3 unspecified atom stereocenters. The second-order valence-corrected chi connectivity index (χ2v) is 5.26. The van der Waals surface area contributed by atoms with Gasteiger partial charge in [0.2, 0.25) is 0 Å². The van der Waals surface area contributed by atoms with Crippen LogP contribution in [-0.2, 0) is 4.74 Å². The molecule has 1 aromatic rings. The van der Waals surface area contributed by atoms with E-state index in [-0.39, 0.29) is 12.0 Å². The fourth-order valence-corrected chi connectivity index (χ4v) is 2.59. The molecule has 1 N–H and O–H groups in total. The summed E-state index contributed by atoms with van der Waals surface area (Å²) >= 11 is 0. The first-order chi connectivity index (χ1) is 9.09. The lowest BCUT2D eigenvalue weighted by atomic mass is 9.89. The lowest BCUT2D eigenvalue weighted by Gasteiger charge is -2.37. The van der Waals surface area contributed by atoms with E-state index in [0.717, 1.165) is 19.3 Å². The summed E-state index contributed by atoms with van der Waals surface area (Å²) in [5.74, 6) is -0.357. The normalized spacial score (nSPS) is 27.3. The lowest BCUT2D eigenvalue weighted by molar-refractivity contribution is -0.0674. The van der Waals surface area contributed by atoms with Crippen LogP contribution in [0, 0.1) is 0 Å². The Labute approximate surface area is 114 Å². The van der Waals surface area contributed by atoms with Gasteiger partial charge in [0, 0.05) is 6.04 Å². The SMILES string of the molecule is CN(C)C1CCCC(OC(=O)c2ccccc2)C1O. The van der Waals surface area contributed by atoms with Gasteiger partial charge in [0.25, 0.3) is 0 Å². The van der Waals surface area contributed by atoms with Crippen molar-refractivity contribution >= 4 is 5.97 Å². The zero-order chi connectivity index (χ0) is 13.8. The number of aliphatic hydroxyl groups is 1. The number of hydrogen-bond acceptors (Lipinski definition) is 4. The third kappa shape index (κ3) is 3.33. The first-order valence-corrected chi connectivity index (χ1v) is 6.70. The zero-order valence-electron chi connectivity index (χ0n) is 11.5. The summed E-state index contributed by atoms with van der Waals surface area (Å²) in [4.78, 5) is 14.0. The van der Waals surface area contributed by atoms with Crippen molar-refractivity contribution in [1.82, 2.24) is 4.90 Å². The monoisotopic (exact) mass is 263 g/mol. The minimum Gasteiger partial charge on any atom is -0.456 e. The van der Waals surface area contributed by atoms with E-state index in [2.05, 4.69) is 0 Å². The summed E-state index contributed by atoms with van der Waals surface area (Å²) in [6.07, 6.45) is 1.61. The maximum atomic E-state index is 12.0. The van der Waals surface area contributed by atoms with Crippen LogP contribution in [0.1, 0.15) is 29.6 Å². The Bertz CT molecular complexity index is 419. The van der Waals surface area contributed by atoms with E-state index in [1.807, 2.05) is 25.1 Å². The molecule has 0 aliphatic heterocycles. The van der Waals surface area contributed by atoms with Gasteiger partial charge in [-0.25, -0.2) is 4.79 Å². The van der Waals surface area contributed by atoms with Crippen molar-refractivity contribution in [2.75, 3.05) is 14.1 Å². The molecule has 0 heterocycles. The van der Waals surface area contributed by atoms with E-state index >= 15 is 0 Å². The smallest absolute Gasteiger partial charge is 0.338 e. The Kier molecular flexibility index (Phi) is 4.56. The minimum absolute atomic E-state index is 0.0577. The van der Waals surface area contributed by atoms with Crippen LogP contribution in [0.25, 0.3) is 0 Å². The quantitative estimate of drug-likeness (QED) is 0.843. The number of likely N-dealkylation sites (N-methyl/N-ethyl adjacent to an activating group) is 1. The number of carbonyl (C=O) groups excluding carboxylic acids is 1. The summed E-state index contributed by atoms with van der Waals surface area (Å²) < 4.78 is 5.45. The maximum Gasteiger partial charge on any atom is 0.338 e. The molecular weight excluding hydrogens is 242 g/mol. The number of hydrogen-bond donors (Lipinski definition) is 1. The molecule has 0 radical (unpaired) electrons. The topological polar surface area (TPSA) is 49.8 Å². The zero-order valence-corrected chi connectivity index (χ0v) is 11.5. The van der Waals surface area contributed by atoms with Crippen LogP contribution in [0.4, 0.5) is 0 Å². The summed E-state index contributed by atoms with van der Waals surface area (Å²) in [5.41, 5.74) is 0.529. The summed E-state index contributed by atoms with van der Waals surface area (Å²) in [6, 6.07) is 8.96. The molecule has 1 fully saturated rings. The van der Waals surface area contributed by atoms with Gasteiger partial charge in [-0.3, -0.25) is 0 Å². The van der Waals surface area contributed by atoms with Crippen molar-refractivity contribution in [3.05, 3.63) is 35.9 Å². The Morgan fingerprint density at radius 3 is 2.58 bits per heavy atom. The molecule has 0 aromatic heterocycles. The van der Waals surface area contributed by atoms with Gasteiger partial charge in [-0.2, -0.15) is 0 Å². The first kappa shape index (κ1) is 14.0. The van der Waals surface area contributed by atoms with Gasteiger partial charge in [-0.05, 0) is 45.5 Å². The van der Waals surface area contributed by atoms with Crippen molar-refractivity contribution in [3.63, 3.8) is 0 Å². The Balaban J connectivity index is 2.00. The fraction of sp³-hybridized carbons (Fsp3) is 0.533. The third-order valence-electron chi connectivity index (χ3n) is 3.69. The van der Waals surface area contributed by atoms with E-state index in [0.29, 0.717) is 5.56 Å². The highest BCUT2D eigenvalue weighted by molar-refractivity contribution is 5.89. The van der Waals surface area contributed by atoms with Gasteiger partial charge in [0.1, 0.15) is 12.2 Å². The van der Waals surface area contributed by atoms with E-state index < -0.39 is 12.2 Å². The number of aliphatic hydroxyl groups excluding tert-OH is 1. The molecule has 1 saturated carbocycles. The molecule has 2 rings (SSSR count). The van der Waals surface area contributed by atoms with Crippen LogP contribution in [0.2, 0.25) is 0 Å². The molecule has 1 aliphatic carbocycles. The number of rotatable bonds is 3. The molecule has 4 nitrogen and oxygen atoms in total. The molecule has 3 atom stereocenters. The molecule has 0 amide bonds. The maximum absolute atomic E-state index is 12.0. The highest BCUT2D eigenvalue weighted by Crippen LogP contribution is 2.25. The molecule has 104 valence electrons. The average molecular weight is 263 g/mol. The molecule has 0 saturated heterocycles. The van der Waals surface area contributed by atoms with Gasteiger partial charge >= 0.3 is 5.97 Å². The molecule has 1 aromatic carbocycles. The predicted molar refractivity (Wildman–Crippen MR) is 73.0 cm³/mol. The number of nitrogens with zero attached hydrogens (tertiary/aromatic N) is 1.